The summed E-state index contributed by atoms with van der Waals surface area (Å²) in [5.41, 5.74) is -0.380. The van der Waals surface area contributed by atoms with Crippen LogP contribution in [0.15, 0.2) is 30.3 Å². The van der Waals surface area contributed by atoms with E-state index in [1.807, 2.05) is 24.3 Å². The van der Waals surface area contributed by atoms with Gasteiger partial charge in [0.05, 0.1) is 12.1 Å². The number of aliphatic hydroxyl groups excluding tert-OH is 1. The summed E-state index contributed by atoms with van der Waals surface area (Å²) in [6.45, 7) is 3.44. The Morgan fingerprint density at radius 1 is 1.40 bits per heavy atom. The van der Waals surface area contributed by atoms with Gasteiger partial charge in [0.1, 0.15) is 10.8 Å². The summed E-state index contributed by atoms with van der Waals surface area (Å²) in [6.07, 6.45) is 0. The molecule has 0 saturated carbocycles. The molecule has 0 spiro atoms. The Hall–Kier alpha value is -1.65. The third-order valence-corrected chi connectivity index (χ3v) is 3.80. The van der Waals surface area contributed by atoms with Gasteiger partial charge in [0.2, 0.25) is 0 Å². The summed E-state index contributed by atoms with van der Waals surface area (Å²) in [5, 5.41) is 11.3. The van der Waals surface area contributed by atoms with Crippen molar-refractivity contribution in [3.8, 4) is 0 Å². The summed E-state index contributed by atoms with van der Waals surface area (Å²) in [5.74, 6) is -0.267. The second-order valence-electron chi connectivity index (χ2n) is 5.35. The van der Waals surface area contributed by atoms with Crippen LogP contribution in [0.2, 0.25) is 5.15 Å². The smallest absolute Gasteiger partial charge is 0.272 e. The summed E-state index contributed by atoms with van der Waals surface area (Å²) >= 11 is 6.13. The van der Waals surface area contributed by atoms with E-state index in [-0.39, 0.29) is 18.2 Å². The minimum Gasteiger partial charge on any atom is -0.394 e. The first kappa shape index (κ1) is 14.8. The molecule has 5 heteroatoms. The largest absolute Gasteiger partial charge is 0.394 e. The minimum atomic E-state index is -0.656. The molecule has 0 bridgehead atoms. The van der Waals surface area contributed by atoms with Crippen LogP contribution < -0.4 is 0 Å². The highest BCUT2D eigenvalue weighted by Gasteiger charge is 2.28. The van der Waals surface area contributed by atoms with Gasteiger partial charge in [-0.15, -0.1) is 0 Å². The molecule has 20 heavy (non-hydrogen) atoms. The molecule has 106 valence electrons. The number of hydrogen-bond acceptors (Lipinski definition) is 3. The van der Waals surface area contributed by atoms with Crippen LogP contribution in [0.4, 0.5) is 0 Å². The van der Waals surface area contributed by atoms with E-state index in [0.717, 1.165) is 10.8 Å². The van der Waals surface area contributed by atoms with Gasteiger partial charge in [-0.3, -0.25) is 4.79 Å². The first-order chi connectivity index (χ1) is 9.36. The lowest BCUT2D eigenvalue weighted by molar-refractivity contribution is 0.0468. The highest BCUT2D eigenvalue weighted by atomic mass is 35.5. The fourth-order valence-electron chi connectivity index (χ4n) is 1.82. The van der Waals surface area contributed by atoms with E-state index in [2.05, 4.69) is 4.98 Å². The predicted molar refractivity (Wildman–Crippen MR) is 80.0 cm³/mol. The Morgan fingerprint density at radius 2 is 2.05 bits per heavy atom. The second kappa shape index (κ2) is 5.38. The molecule has 0 atom stereocenters. The molecule has 0 aliphatic heterocycles. The highest BCUT2D eigenvalue weighted by molar-refractivity contribution is 6.34. The van der Waals surface area contributed by atoms with Crippen LogP contribution in [0, 0.1) is 0 Å². The highest BCUT2D eigenvalue weighted by Crippen LogP contribution is 2.24. The van der Waals surface area contributed by atoms with E-state index in [0.29, 0.717) is 5.15 Å². The van der Waals surface area contributed by atoms with Crippen molar-refractivity contribution in [2.75, 3.05) is 13.7 Å². The van der Waals surface area contributed by atoms with Crippen molar-refractivity contribution < 1.29 is 9.90 Å². The summed E-state index contributed by atoms with van der Waals surface area (Å²) in [6, 6.07) is 9.22. The van der Waals surface area contributed by atoms with Crippen molar-refractivity contribution in [3.63, 3.8) is 0 Å². The molecule has 2 aromatic rings. The molecule has 0 fully saturated rings. The van der Waals surface area contributed by atoms with Crippen LogP contribution >= 0.6 is 11.6 Å². The molecular weight excluding hydrogens is 276 g/mol. The Balaban J connectivity index is 2.46. The van der Waals surface area contributed by atoms with E-state index in [1.165, 1.54) is 4.90 Å². The number of likely N-dealkylation sites (N-methyl/N-ethyl adjacent to an activating group) is 1. The molecule has 1 aromatic carbocycles. The number of rotatable bonds is 3. The molecule has 1 aromatic heterocycles. The fourth-order valence-corrected chi connectivity index (χ4v) is 2.08. The number of amides is 1. The SMILES string of the molecule is CN(C(=O)c1cc2ccccc2c(Cl)n1)C(C)(C)CO. The normalized spacial score (nSPS) is 11.7. The number of nitrogens with zero attached hydrogens (tertiary/aromatic N) is 2. The zero-order valence-electron chi connectivity index (χ0n) is 11.7. The number of aromatic nitrogens is 1. The van der Waals surface area contributed by atoms with Gasteiger partial charge in [0, 0.05) is 12.4 Å². The van der Waals surface area contributed by atoms with Gasteiger partial charge in [-0.25, -0.2) is 4.98 Å². The standard InChI is InChI=1S/C15H17ClN2O2/c1-15(2,9-19)18(3)14(20)12-8-10-6-4-5-7-11(10)13(16)17-12/h4-8,19H,9H2,1-3H3. The average Bonchev–Trinajstić information content (AvgIpc) is 2.45. The topological polar surface area (TPSA) is 53.4 Å². The molecule has 0 saturated heterocycles. The molecule has 0 aliphatic carbocycles. The molecule has 2 rings (SSSR count). The lowest BCUT2D eigenvalue weighted by Gasteiger charge is -2.33. The van der Waals surface area contributed by atoms with Crippen molar-refractivity contribution in [1.29, 1.82) is 0 Å². The van der Waals surface area contributed by atoms with Crippen molar-refractivity contribution in [3.05, 3.63) is 41.2 Å². The number of carbonyl (C=O) groups excluding carboxylic acids is 1. The van der Waals surface area contributed by atoms with Crippen molar-refractivity contribution in [2.24, 2.45) is 0 Å². The average molecular weight is 293 g/mol. The number of halogens is 1. The van der Waals surface area contributed by atoms with Gasteiger partial charge in [-0.1, -0.05) is 35.9 Å². The number of carbonyl (C=O) groups is 1. The molecule has 1 heterocycles. The molecule has 4 nitrogen and oxygen atoms in total. The van der Waals surface area contributed by atoms with E-state index in [1.54, 1.807) is 27.0 Å². The maximum Gasteiger partial charge on any atom is 0.272 e. The van der Waals surface area contributed by atoms with Crippen molar-refractivity contribution in [2.45, 2.75) is 19.4 Å². The van der Waals surface area contributed by atoms with Gasteiger partial charge >= 0.3 is 0 Å². The maximum atomic E-state index is 12.4. The van der Waals surface area contributed by atoms with Crippen LogP contribution in [-0.4, -0.2) is 40.1 Å². The van der Waals surface area contributed by atoms with Crippen LogP contribution in [0.5, 0.6) is 0 Å². The van der Waals surface area contributed by atoms with Gasteiger partial charge in [0.15, 0.2) is 0 Å². The third-order valence-electron chi connectivity index (χ3n) is 3.51. The Morgan fingerprint density at radius 3 is 2.70 bits per heavy atom. The van der Waals surface area contributed by atoms with Crippen molar-refractivity contribution in [1.82, 2.24) is 9.88 Å². The maximum absolute atomic E-state index is 12.4. The van der Waals surface area contributed by atoms with Crippen molar-refractivity contribution >= 4 is 28.3 Å². The molecule has 1 amide bonds. The first-order valence-corrected chi connectivity index (χ1v) is 6.69. The van der Waals surface area contributed by atoms with Gasteiger partial charge in [0.25, 0.3) is 5.91 Å². The molecule has 0 aliphatic rings. The number of aliphatic hydroxyl groups is 1. The molecular formula is C15H17ClN2O2. The number of pyridine rings is 1. The number of hydrogen-bond donors (Lipinski definition) is 1. The van der Waals surface area contributed by atoms with E-state index in [9.17, 15) is 9.90 Å². The Kier molecular flexibility index (Phi) is 3.97. The fraction of sp³-hybridized carbons (Fsp3) is 0.333. The van der Waals surface area contributed by atoms with Crippen LogP contribution in [0.1, 0.15) is 24.3 Å². The van der Waals surface area contributed by atoms with Crippen LogP contribution in [0.3, 0.4) is 0 Å². The molecule has 0 radical (unpaired) electrons. The van der Waals surface area contributed by atoms with Gasteiger partial charge in [-0.2, -0.15) is 0 Å². The Labute approximate surface area is 123 Å². The van der Waals surface area contributed by atoms with Gasteiger partial charge in [-0.05, 0) is 25.3 Å². The molecule has 1 N–H and O–H groups in total. The van der Waals surface area contributed by atoms with E-state index in [4.69, 9.17) is 11.6 Å². The first-order valence-electron chi connectivity index (χ1n) is 6.31. The summed E-state index contributed by atoms with van der Waals surface area (Å²) < 4.78 is 0. The van der Waals surface area contributed by atoms with E-state index < -0.39 is 5.54 Å². The molecule has 0 unspecified atom stereocenters. The number of fused-ring (bicyclic) bond motifs is 1. The number of benzene rings is 1. The third kappa shape index (κ3) is 2.62. The quantitative estimate of drug-likeness (QED) is 0.885. The monoisotopic (exact) mass is 292 g/mol. The van der Waals surface area contributed by atoms with E-state index >= 15 is 0 Å². The zero-order chi connectivity index (χ0) is 14.9. The summed E-state index contributed by atoms with van der Waals surface area (Å²) in [7, 11) is 1.64. The minimum absolute atomic E-state index is 0.128. The van der Waals surface area contributed by atoms with Gasteiger partial charge < -0.3 is 10.0 Å². The second-order valence-corrected chi connectivity index (χ2v) is 5.71. The Bertz CT molecular complexity index is 655. The summed E-state index contributed by atoms with van der Waals surface area (Å²) in [4.78, 5) is 18.1. The predicted octanol–water partition coefficient (Wildman–Crippen LogP) is 2.73. The lowest BCUT2D eigenvalue weighted by Crippen LogP contribution is -2.47. The van der Waals surface area contributed by atoms with Crippen LogP contribution in [0.25, 0.3) is 10.8 Å². The van der Waals surface area contributed by atoms with Crippen LogP contribution in [-0.2, 0) is 0 Å². The lowest BCUT2D eigenvalue weighted by atomic mass is 10.0. The zero-order valence-corrected chi connectivity index (χ0v) is 12.5.